The molecule has 0 spiro atoms. The molecule has 0 aliphatic carbocycles. The predicted octanol–water partition coefficient (Wildman–Crippen LogP) is 1.86. The maximum absolute atomic E-state index is 12.1. The molecule has 0 atom stereocenters. The quantitative estimate of drug-likeness (QED) is 0.806. The van der Waals surface area contributed by atoms with E-state index >= 15 is 0 Å². The van der Waals surface area contributed by atoms with Gasteiger partial charge in [0.2, 0.25) is 0 Å². The Kier molecular flexibility index (Phi) is 4.19. The van der Waals surface area contributed by atoms with Crippen LogP contribution in [0, 0.1) is 18.3 Å². The van der Waals surface area contributed by atoms with Crippen LogP contribution in [0.2, 0.25) is 0 Å². The fraction of sp³-hybridized carbons (Fsp3) is 0.188. The summed E-state index contributed by atoms with van der Waals surface area (Å²) in [6.45, 7) is 2.01. The molecular weight excluding hydrogens is 268 g/mol. The molecule has 0 aliphatic heterocycles. The van der Waals surface area contributed by atoms with E-state index in [9.17, 15) is 9.59 Å². The summed E-state index contributed by atoms with van der Waals surface area (Å²) >= 11 is 0. The average Bonchev–Trinajstić information content (AvgIpc) is 2.50. The van der Waals surface area contributed by atoms with E-state index in [1.165, 1.54) is 11.7 Å². The first-order valence-electron chi connectivity index (χ1n) is 6.34. The molecular formula is C16H14N2O3. The molecule has 5 heteroatoms. The maximum atomic E-state index is 12.1. The summed E-state index contributed by atoms with van der Waals surface area (Å²) in [5, 5.41) is 9.01. The predicted molar refractivity (Wildman–Crippen MR) is 77.0 cm³/mol. The SMILES string of the molecule is COC(=O)c1cccc(Cn2ccc(C)c(C#N)c2=O)c1. The summed E-state index contributed by atoms with van der Waals surface area (Å²) in [4.78, 5) is 23.6. The number of pyridine rings is 1. The lowest BCUT2D eigenvalue weighted by Crippen LogP contribution is -2.23. The van der Waals surface area contributed by atoms with Gasteiger partial charge in [-0.3, -0.25) is 4.79 Å². The number of nitrogens with zero attached hydrogens (tertiary/aromatic N) is 2. The van der Waals surface area contributed by atoms with Crippen LogP contribution in [0.5, 0.6) is 0 Å². The number of rotatable bonds is 3. The number of carbonyl (C=O) groups excluding carboxylic acids is 1. The summed E-state index contributed by atoms with van der Waals surface area (Å²) in [6.07, 6.45) is 1.64. The van der Waals surface area contributed by atoms with E-state index in [0.717, 1.165) is 5.56 Å². The van der Waals surface area contributed by atoms with Gasteiger partial charge in [-0.2, -0.15) is 5.26 Å². The van der Waals surface area contributed by atoms with Gasteiger partial charge in [0.1, 0.15) is 11.6 Å². The Bertz CT molecular complexity index is 785. The van der Waals surface area contributed by atoms with Crippen LogP contribution in [0.4, 0.5) is 0 Å². The largest absolute Gasteiger partial charge is 0.465 e. The third kappa shape index (κ3) is 3.00. The van der Waals surface area contributed by atoms with Gasteiger partial charge in [-0.05, 0) is 36.2 Å². The molecule has 21 heavy (non-hydrogen) atoms. The topological polar surface area (TPSA) is 72.1 Å². The van der Waals surface area contributed by atoms with Crippen molar-refractivity contribution in [3.8, 4) is 6.07 Å². The zero-order valence-electron chi connectivity index (χ0n) is 11.8. The van der Waals surface area contributed by atoms with Crippen LogP contribution in [0.15, 0.2) is 41.3 Å². The summed E-state index contributed by atoms with van der Waals surface area (Å²) < 4.78 is 6.11. The fourth-order valence-electron chi connectivity index (χ4n) is 2.04. The molecule has 1 aromatic heterocycles. The molecule has 1 aromatic carbocycles. The number of methoxy groups -OCH3 is 1. The molecule has 0 unspecified atom stereocenters. The molecule has 0 aliphatic rings. The number of aryl methyl sites for hydroxylation is 1. The molecule has 0 fully saturated rings. The van der Waals surface area contributed by atoms with Gasteiger partial charge in [-0.15, -0.1) is 0 Å². The average molecular weight is 282 g/mol. The second-order valence-electron chi connectivity index (χ2n) is 4.61. The lowest BCUT2D eigenvalue weighted by atomic mass is 10.1. The molecule has 2 rings (SSSR count). The zero-order valence-corrected chi connectivity index (χ0v) is 11.8. The van der Waals surface area contributed by atoms with Gasteiger partial charge >= 0.3 is 5.97 Å². The summed E-state index contributed by atoms with van der Waals surface area (Å²) in [6, 6.07) is 10.5. The highest BCUT2D eigenvalue weighted by Gasteiger charge is 2.09. The minimum Gasteiger partial charge on any atom is -0.465 e. The number of esters is 1. The van der Waals surface area contributed by atoms with Crippen molar-refractivity contribution < 1.29 is 9.53 Å². The minimum absolute atomic E-state index is 0.140. The molecule has 2 aromatic rings. The van der Waals surface area contributed by atoms with Crippen LogP contribution in [0.3, 0.4) is 0 Å². The van der Waals surface area contributed by atoms with Crippen LogP contribution < -0.4 is 5.56 Å². The van der Waals surface area contributed by atoms with Crippen LogP contribution in [0.25, 0.3) is 0 Å². The molecule has 0 bridgehead atoms. The fourth-order valence-corrected chi connectivity index (χ4v) is 2.04. The number of hydrogen-bond acceptors (Lipinski definition) is 4. The summed E-state index contributed by atoms with van der Waals surface area (Å²) in [5.74, 6) is -0.425. The highest BCUT2D eigenvalue weighted by atomic mass is 16.5. The number of carbonyl (C=O) groups is 1. The highest BCUT2D eigenvalue weighted by Crippen LogP contribution is 2.09. The summed E-state index contributed by atoms with van der Waals surface area (Å²) in [7, 11) is 1.32. The minimum atomic E-state index is -0.425. The molecule has 5 nitrogen and oxygen atoms in total. The first-order chi connectivity index (χ1) is 10.1. The van der Waals surface area contributed by atoms with Crippen LogP contribution >= 0.6 is 0 Å². The molecule has 0 N–H and O–H groups in total. The monoisotopic (exact) mass is 282 g/mol. The van der Waals surface area contributed by atoms with Crippen molar-refractivity contribution in [2.24, 2.45) is 0 Å². The van der Waals surface area contributed by atoms with E-state index < -0.39 is 5.97 Å². The highest BCUT2D eigenvalue weighted by molar-refractivity contribution is 5.89. The molecule has 1 heterocycles. The van der Waals surface area contributed by atoms with E-state index in [1.54, 1.807) is 37.4 Å². The van der Waals surface area contributed by atoms with Crippen molar-refractivity contribution in [1.82, 2.24) is 4.57 Å². The Morgan fingerprint density at radius 1 is 1.38 bits per heavy atom. The Morgan fingerprint density at radius 2 is 2.14 bits per heavy atom. The lowest BCUT2D eigenvalue weighted by molar-refractivity contribution is 0.0600. The number of nitriles is 1. The van der Waals surface area contributed by atoms with Gasteiger partial charge in [0, 0.05) is 6.20 Å². The first-order valence-corrected chi connectivity index (χ1v) is 6.34. The maximum Gasteiger partial charge on any atom is 0.337 e. The first kappa shape index (κ1) is 14.5. The molecule has 0 radical (unpaired) electrons. The normalized spacial score (nSPS) is 9.95. The number of hydrogen-bond donors (Lipinski definition) is 0. The Labute approximate surface area is 122 Å². The van der Waals surface area contributed by atoms with Gasteiger partial charge in [-0.1, -0.05) is 12.1 Å². The van der Waals surface area contributed by atoms with Crippen LogP contribution in [-0.2, 0) is 11.3 Å². The zero-order chi connectivity index (χ0) is 15.4. The van der Waals surface area contributed by atoms with Crippen molar-refractivity contribution in [3.63, 3.8) is 0 Å². The van der Waals surface area contributed by atoms with E-state index in [2.05, 4.69) is 4.74 Å². The van der Waals surface area contributed by atoms with Crippen molar-refractivity contribution in [2.45, 2.75) is 13.5 Å². The molecule has 0 saturated heterocycles. The second-order valence-corrected chi connectivity index (χ2v) is 4.61. The van der Waals surface area contributed by atoms with Gasteiger partial charge in [0.05, 0.1) is 19.2 Å². The smallest absolute Gasteiger partial charge is 0.337 e. The van der Waals surface area contributed by atoms with Gasteiger partial charge in [0.25, 0.3) is 5.56 Å². The van der Waals surface area contributed by atoms with Gasteiger partial charge in [0.15, 0.2) is 0 Å². The second kappa shape index (κ2) is 6.06. The Hall–Kier alpha value is -2.87. The van der Waals surface area contributed by atoms with E-state index in [-0.39, 0.29) is 11.1 Å². The van der Waals surface area contributed by atoms with E-state index in [4.69, 9.17) is 5.26 Å². The third-order valence-electron chi connectivity index (χ3n) is 3.19. The lowest BCUT2D eigenvalue weighted by Gasteiger charge is -2.08. The van der Waals surface area contributed by atoms with Gasteiger partial charge in [-0.25, -0.2) is 4.79 Å². The van der Waals surface area contributed by atoms with Crippen LogP contribution in [-0.4, -0.2) is 17.6 Å². The number of benzene rings is 1. The number of ether oxygens (including phenoxy) is 1. The van der Waals surface area contributed by atoms with Crippen molar-refractivity contribution in [1.29, 1.82) is 5.26 Å². The number of aromatic nitrogens is 1. The third-order valence-corrected chi connectivity index (χ3v) is 3.19. The van der Waals surface area contributed by atoms with E-state index in [1.807, 2.05) is 12.1 Å². The van der Waals surface area contributed by atoms with Gasteiger partial charge < -0.3 is 9.30 Å². The van der Waals surface area contributed by atoms with Crippen molar-refractivity contribution in [3.05, 3.63) is 69.1 Å². The summed E-state index contributed by atoms with van der Waals surface area (Å²) in [5.41, 5.74) is 1.67. The van der Waals surface area contributed by atoms with Crippen molar-refractivity contribution in [2.75, 3.05) is 7.11 Å². The Balaban J connectivity index is 2.38. The Morgan fingerprint density at radius 3 is 2.81 bits per heavy atom. The molecule has 106 valence electrons. The van der Waals surface area contributed by atoms with Crippen LogP contribution in [0.1, 0.15) is 27.0 Å². The standard InChI is InChI=1S/C16H14N2O3/c1-11-6-7-18(15(19)14(11)9-17)10-12-4-3-5-13(8-12)16(20)21-2/h3-8H,10H2,1-2H3. The van der Waals surface area contributed by atoms with E-state index in [0.29, 0.717) is 17.7 Å². The molecule has 0 amide bonds. The van der Waals surface area contributed by atoms with Crippen molar-refractivity contribution >= 4 is 5.97 Å². The molecule has 0 saturated carbocycles.